The molecule has 0 aromatic heterocycles. The molecule has 0 radical (unpaired) electrons. The molecule has 0 spiro atoms. The Morgan fingerprint density at radius 3 is 2.57 bits per heavy atom. The smallest absolute Gasteiger partial charge is 0.254 e. The van der Waals surface area contributed by atoms with Crippen LogP contribution < -0.4 is 0 Å². The van der Waals surface area contributed by atoms with Gasteiger partial charge in [0.1, 0.15) is 0 Å². The van der Waals surface area contributed by atoms with Crippen molar-refractivity contribution in [1.82, 2.24) is 4.90 Å². The predicted molar refractivity (Wildman–Crippen MR) is 90.7 cm³/mol. The maximum absolute atomic E-state index is 12.6. The van der Waals surface area contributed by atoms with Gasteiger partial charge in [-0.15, -0.1) is 0 Å². The van der Waals surface area contributed by atoms with E-state index in [0.717, 1.165) is 10.0 Å². The Morgan fingerprint density at radius 2 is 1.95 bits per heavy atom. The third-order valence-corrected chi connectivity index (χ3v) is 4.08. The van der Waals surface area contributed by atoms with E-state index in [4.69, 9.17) is 11.6 Å². The normalized spacial score (nSPS) is 10.5. The van der Waals surface area contributed by atoms with Crippen molar-refractivity contribution in [2.45, 2.75) is 20.4 Å². The van der Waals surface area contributed by atoms with E-state index in [1.807, 2.05) is 24.0 Å². The quantitative estimate of drug-likeness (QED) is 0.739. The summed E-state index contributed by atoms with van der Waals surface area (Å²) >= 11 is 9.40. The molecule has 0 aliphatic carbocycles. The molecule has 0 fully saturated rings. The molecular formula is C17H17BrClNO. The largest absolute Gasteiger partial charge is 0.335 e. The number of halogens is 2. The maximum Gasteiger partial charge on any atom is 0.254 e. The van der Waals surface area contributed by atoms with Crippen LogP contribution in [-0.2, 0) is 6.54 Å². The zero-order chi connectivity index (χ0) is 15.4. The van der Waals surface area contributed by atoms with Crippen molar-refractivity contribution >= 4 is 33.4 Å². The van der Waals surface area contributed by atoms with Crippen LogP contribution in [0, 0.1) is 6.92 Å². The van der Waals surface area contributed by atoms with Crippen LogP contribution in [0.25, 0.3) is 0 Å². The Morgan fingerprint density at radius 1 is 1.24 bits per heavy atom. The summed E-state index contributed by atoms with van der Waals surface area (Å²) < 4.78 is 0.810. The highest BCUT2D eigenvalue weighted by molar-refractivity contribution is 9.10. The van der Waals surface area contributed by atoms with Gasteiger partial charge in [0.25, 0.3) is 5.91 Å². The summed E-state index contributed by atoms with van der Waals surface area (Å²) in [5, 5.41) is 0.555. The molecule has 0 unspecified atom stereocenters. The lowest BCUT2D eigenvalue weighted by Gasteiger charge is -2.22. The van der Waals surface area contributed by atoms with Crippen LogP contribution in [0.3, 0.4) is 0 Å². The fourth-order valence-corrected chi connectivity index (χ4v) is 3.04. The standard InChI is InChI=1S/C17H17BrClNO/c1-3-20(11-13-7-5-4-6-12(13)2)17(21)14-8-15(18)10-16(19)9-14/h4-10H,3,11H2,1-2H3. The SMILES string of the molecule is CCN(Cc1ccccc1C)C(=O)c1cc(Cl)cc(Br)c1. The van der Waals surface area contributed by atoms with Gasteiger partial charge in [-0.25, -0.2) is 0 Å². The monoisotopic (exact) mass is 365 g/mol. The van der Waals surface area contributed by atoms with Crippen LogP contribution in [0.5, 0.6) is 0 Å². The Labute approximate surface area is 138 Å². The van der Waals surface area contributed by atoms with Crippen molar-refractivity contribution in [3.8, 4) is 0 Å². The minimum absolute atomic E-state index is 0.0102. The maximum atomic E-state index is 12.6. The molecule has 110 valence electrons. The van der Waals surface area contributed by atoms with Gasteiger partial charge in [-0.2, -0.15) is 0 Å². The van der Waals surface area contributed by atoms with Gasteiger partial charge in [0.15, 0.2) is 0 Å². The molecule has 0 saturated heterocycles. The highest BCUT2D eigenvalue weighted by atomic mass is 79.9. The van der Waals surface area contributed by atoms with Gasteiger partial charge in [0.05, 0.1) is 0 Å². The number of hydrogen-bond donors (Lipinski definition) is 0. The van der Waals surface area contributed by atoms with Crippen LogP contribution in [0.2, 0.25) is 5.02 Å². The third kappa shape index (κ3) is 4.08. The second-order valence-corrected chi connectivity index (χ2v) is 6.26. The van der Waals surface area contributed by atoms with Crippen LogP contribution in [-0.4, -0.2) is 17.4 Å². The van der Waals surface area contributed by atoms with E-state index in [0.29, 0.717) is 23.7 Å². The second-order valence-electron chi connectivity index (χ2n) is 4.90. The summed E-state index contributed by atoms with van der Waals surface area (Å²) in [6.45, 7) is 5.29. The molecule has 2 rings (SSSR count). The lowest BCUT2D eigenvalue weighted by molar-refractivity contribution is 0.0752. The van der Waals surface area contributed by atoms with Gasteiger partial charge in [0.2, 0.25) is 0 Å². The second kappa shape index (κ2) is 7.10. The topological polar surface area (TPSA) is 20.3 Å². The third-order valence-electron chi connectivity index (χ3n) is 3.40. The molecular weight excluding hydrogens is 350 g/mol. The van der Waals surface area contributed by atoms with Crippen molar-refractivity contribution in [3.63, 3.8) is 0 Å². The van der Waals surface area contributed by atoms with Crippen LogP contribution in [0.15, 0.2) is 46.9 Å². The van der Waals surface area contributed by atoms with Gasteiger partial charge >= 0.3 is 0 Å². The number of amides is 1. The summed E-state index contributed by atoms with van der Waals surface area (Å²) in [4.78, 5) is 14.5. The van der Waals surface area contributed by atoms with E-state index in [1.165, 1.54) is 5.56 Å². The summed E-state index contributed by atoms with van der Waals surface area (Å²) in [6.07, 6.45) is 0. The molecule has 0 atom stereocenters. The van der Waals surface area contributed by atoms with Crippen LogP contribution in [0.4, 0.5) is 0 Å². The van der Waals surface area contributed by atoms with Gasteiger partial charge in [-0.1, -0.05) is 51.8 Å². The zero-order valence-electron chi connectivity index (χ0n) is 12.1. The first-order valence-corrected chi connectivity index (χ1v) is 7.98. The molecule has 4 heteroatoms. The summed E-state index contributed by atoms with van der Waals surface area (Å²) in [5.74, 6) is -0.0102. The average Bonchev–Trinajstić information content (AvgIpc) is 2.44. The molecule has 0 heterocycles. The molecule has 0 saturated carbocycles. The van der Waals surface area contributed by atoms with Gasteiger partial charge < -0.3 is 4.90 Å². The molecule has 2 aromatic rings. The van der Waals surface area contributed by atoms with Gasteiger partial charge in [-0.3, -0.25) is 4.79 Å². The van der Waals surface area contributed by atoms with Crippen LogP contribution >= 0.6 is 27.5 Å². The average molecular weight is 367 g/mol. The fourth-order valence-electron chi connectivity index (χ4n) is 2.18. The molecule has 0 N–H and O–H groups in total. The van der Waals surface area contributed by atoms with Gasteiger partial charge in [0, 0.05) is 28.1 Å². The van der Waals surface area contributed by atoms with Crippen molar-refractivity contribution in [3.05, 3.63) is 68.7 Å². The first-order chi connectivity index (χ1) is 10.0. The minimum Gasteiger partial charge on any atom is -0.335 e. The Bertz CT molecular complexity index is 637. The number of carbonyl (C=O) groups excluding carboxylic acids is 1. The Hall–Kier alpha value is -1.32. The summed E-state index contributed by atoms with van der Waals surface area (Å²) in [6, 6.07) is 13.4. The first kappa shape index (κ1) is 16.1. The van der Waals surface area contributed by atoms with Crippen molar-refractivity contribution in [1.29, 1.82) is 0 Å². The van der Waals surface area contributed by atoms with Crippen molar-refractivity contribution < 1.29 is 4.79 Å². The first-order valence-electron chi connectivity index (χ1n) is 6.81. The van der Waals surface area contributed by atoms with Crippen molar-refractivity contribution in [2.75, 3.05) is 6.54 Å². The minimum atomic E-state index is -0.0102. The highest BCUT2D eigenvalue weighted by Gasteiger charge is 2.16. The number of nitrogens with zero attached hydrogens (tertiary/aromatic N) is 1. The number of carbonyl (C=O) groups is 1. The van der Waals surface area contributed by atoms with Crippen molar-refractivity contribution in [2.24, 2.45) is 0 Å². The molecule has 2 aromatic carbocycles. The van der Waals surface area contributed by atoms with Crippen LogP contribution in [0.1, 0.15) is 28.4 Å². The molecule has 0 aliphatic rings. The van der Waals surface area contributed by atoms with E-state index in [2.05, 4.69) is 35.0 Å². The number of aryl methyl sites for hydroxylation is 1. The number of rotatable bonds is 4. The van der Waals surface area contributed by atoms with E-state index in [9.17, 15) is 4.79 Å². The lowest BCUT2D eigenvalue weighted by Crippen LogP contribution is -2.30. The number of benzene rings is 2. The lowest BCUT2D eigenvalue weighted by atomic mass is 10.1. The van der Waals surface area contributed by atoms with E-state index in [-0.39, 0.29) is 5.91 Å². The molecule has 2 nitrogen and oxygen atoms in total. The molecule has 0 aliphatic heterocycles. The number of hydrogen-bond acceptors (Lipinski definition) is 1. The molecule has 21 heavy (non-hydrogen) atoms. The van der Waals surface area contributed by atoms with E-state index >= 15 is 0 Å². The molecule has 1 amide bonds. The Kier molecular flexibility index (Phi) is 5.43. The summed E-state index contributed by atoms with van der Waals surface area (Å²) in [5.41, 5.74) is 2.95. The van der Waals surface area contributed by atoms with E-state index in [1.54, 1.807) is 18.2 Å². The zero-order valence-corrected chi connectivity index (χ0v) is 14.4. The fraction of sp³-hybridized carbons (Fsp3) is 0.235. The Balaban J connectivity index is 2.24. The molecule has 0 bridgehead atoms. The summed E-state index contributed by atoms with van der Waals surface area (Å²) in [7, 11) is 0. The van der Waals surface area contributed by atoms with Gasteiger partial charge in [-0.05, 0) is 43.2 Å². The van der Waals surface area contributed by atoms with E-state index < -0.39 is 0 Å². The highest BCUT2D eigenvalue weighted by Crippen LogP contribution is 2.21. The predicted octanol–water partition coefficient (Wildman–Crippen LogP) is 5.07.